The number of hydrogen-bond donors (Lipinski definition) is 2. The maximum absolute atomic E-state index is 15.9. The minimum atomic E-state index is -5.48. The summed E-state index contributed by atoms with van der Waals surface area (Å²) in [6.07, 6.45) is -12.0. The Kier molecular flexibility index (Phi) is 8.66. The highest BCUT2D eigenvalue weighted by molar-refractivity contribution is 8.06. The smallest absolute Gasteiger partial charge is 0.330 e. The molecule has 7 rings (SSSR count). The summed E-state index contributed by atoms with van der Waals surface area (Å²) in [7, 11) is -5.48. The number of nitrogens with two attached hydrogens (primary N) is 1. The molecule has 6 heterocycles. The first-order chi connectivity index (χ1) is 22.8. The number of nitrogen functional groups attached to an aromatic ring is 1. The van der Waals surface area contributed by atoms with Gasteiger partial charge in [0.05, 0.1) is 25.1 Å². The molecule has 3 saturated heterocycles. The first-order valence-electron chi connectivity index (χ1n) is 14.0. The van der Waals surface area contributed by atoms with Gasteiger partial charge < -0.3 is 43.1 Å². The summed E-state index contributed by atoms with van der Waals surface area (Å²) in [6.45, 7) is -6.69. The summed E-state index contributed by atoms with van der Waals surface area (Å²) in [5.74, 6) is -0.0270. The Labute approximate surface area is 272 Å². The number of benzene rings is 1. The van der Waals surface area contributed by atoms with Gasteiger partial charge in [-0.05, 0) is 5.56 Å². The van der Waals surface area contributed by atoms with Gasteiger partial charge in [0, 0.05) is 6.20 Å². The number of hydrogen-bond acceptors (Lipinski definition) is 16. The third-order valence-electron chi connectivity index (χ3n) is 7.81. The monoisotopic (exact) mass is 729 g/mol. The number of fused-ring (bicyclic) bond motifs is 5. The Hall–Kier alpha value is -3.33. The highest BCUT2D eigenvalue weighted by Gasteiger charge is 2.52. The molecule has 4 aromatic rings. The molecule has 3 aliphatic heterocycles. The zero-order valence-corrected chi connectivity index (χ0v) is 26.6. The fraction of sp³-hybridized carbons (Fsp3) is 0.400. The molecule has 48 heavy (non-hydrogen) atoms. The SMILES string of the molecule is Nc1ncnc2c1ncn2[C@@H]1O[C@@H]2COP([O-])(=S)O[C@@H]3[C@H](F)[C@@H](COP(=O)([O-])O[C@@H]1[C@@H]2F)O[C@H]3n1cc(-c2ccccc2)c(=O)[nH]c1=O. The number of aromatic amines is 1. The maximum atomic E-state index is 15.9. The number of anilines is 1. The molecule has 18 nitrogen and oxygen atoms in total. The Balaban J connectivity index is 1.22. The highest BCUT2D eigenvalue weighted by atomic mass is 32.5. The third-order valence-corrected chi connectivity index (χ3v) is 10.3. The molecule has 23 heteroatoms. The Morgan fingerprint density at radius 2 is 1.58 bits per heavy atom. The van der Waals surface area contributed by atoms with Gasteiger partial charge in [-0.25, -0.2) is 28.5 Å². The third kappa shape index (κ3) is 6.16. The lowest BCUT2D eigenvalue weighted by Gasteiger charge is -2.34. The van der Waals surface area contributed by atoms with E-state index in [1.165, 1.54) is 0 Å². The summed E-state index contributed by atoms with van der Waals surface area (Å²) in [4.78, 5) is 66.0. The van der Waals surface area contributed by atoms with Crippen LogP contribution >= 0.6 is 14.5 Å². The van der Waals surface area contributed by atoms with Crippen molar-refractivity contribution in [2.75, 3.05) is 18.9 Å². The van der Waals surface area contributed by atoms with E-state index in [-0.39, 0.29) is 22.5 Å². The molecule has 0 saturated carbocycles. The van der Waals surface area contributed by atoms with Crippen LogP contribution in [0, 0.1) is 0 Å². The fourth-order valence-corrected chi connectivity index (χ4v) is 7.87. The second kappa shape index (κ2) is 12.5. The summed E-state index contributed by atoms with van der Waals surface area (Å²) in [5.41, 5.74) is 4.48. The van der Waals surface area contributed by atoms with Crippen molar-refractivity contribution in [1.29, 1.82) is 0 Å². The lowest BCUT2D eigenvalue weighted by Crippen LogP contribution is -2.39. The summed E-state index contributed by atoms with van der Waals surface area (Å²) in [5, 5.41) is 0. The van der Waals surface area contributed by atoms with Crippen molar-refractivity contribution in [3.05, 3.63) is 70.0 Å². The van der Waals surface area contributed by atoms with Crippen LogP contribution in [0.15, 0.2) is 58.8 Å². The van der Waals surface area contributed by atoms with Crippen molar-refractivity contribution < 1.29 is 50.7 Å². The average Bonchev–Trinajstić information content (AvgIpc) is 3.69. The largest absolute Gasteiger partial charge is 0.780 e. The van der Waals surface area contributed by atoms with E-state index < -0.39 is 88.2 Å². The average molecular weight is 730 g/mol. The Morgan fingerprint density at radius 1 is 0.938 bits per heavy atom. The summed E-state index contributed by atoms with van der Waals surface area (Å²) < 4.78 is 78.7. The first-order valence-corrected chi connectivity index (χ1v) is 18.0. The molecule has 1 aromatic carbocycles. The second-order valence-electron chi connectivity index (χ2n) is 10.8. The van der Waals surface area contributed by atoms with Gasteiger partial charge in [-0.2, -0.15) is 0 Å². The molecule has 0 spiro atoms. The number of phosphoric acid groups is 1. The minimum absolute atomic E-state index is 0.0228. The number of nitrogens with one attached hydrogen (secondary N) is 1. The molecule has 256 valence electrons. The molecule has 0 aliphatic carbocycles. The topological polar surface area (TPSA) is 243 Å². The van der Waals surface area contributed by atoms with E-state index in [9.17, 15) is 23.9 Å². The number of ether oxygens (including phenoxy) is 2. The zero-order valence-electron chi connectivity index (χ0n) is 24.0. The van der Waals surface area contributed by atoms with Crippen molar-refractivity contribution in [2.45, 2.75) is 49.2 Å². The van der Waals surface area contributed by atoms with E-state index in [0.29, 0.717) is 5.56 Å². The molecular weight excluding hydrogens is 706 g/mol. The number of nitrogens with zero attached hydrogens (tertiary/aromatic N) is 5. The molecular formula is C25H23F2N7O11P2S-2. The van der Waals surface area contributed by atoms with Crippen LogP contribution in [-0.2, 0) is 43.9 Å². The Bertz CT molecular complexity index is 2070. The number of rotatable bonds is 3. The van der Waals surface area contributed by atoms with Crippen LogP contribution in [0.4, 0.5) is 14.6 Å². The number of halogens is 2. The number of phosphoric ester groups is 1. The number of alkyl halides is 2. The van der Waals surface area contributed by atoms with E-state index in [0.717, 1.165) is 28.0 Å². The Morgan fingerprint density at radius 3 is 2.29 bits per heavy atom. The van der Waals surface area contributed by atoms with Crippen molar-refractivity contribution in [1.82, 2.24) is 29.1 Å². The van der Waals surface area contributed by atoms with Crippen LogP contribution in [0.5, 0.6) is 0 Å². The van der Waals surface area contributed by atoms with E-state index >= 15 is 8.78 Å². The normalized spacial score (nSPS) is 35.8. The number of H-pyrrole nitrogens is 1. The van der Waals surface area contributed by atoms with Crippen molar-refractivity contribution in [2.24, 2.45) is 0 Å². The molecule has 3 aliphatic rings. The van der Waals surface area contributed by atoms with E-state index in [2.05, 4.69) is 19.9 Å². The summed E-state index contributed by atoms with van der Waals surface area (Å²) >= 11 is 5.00. The van der Waals surface area contributed by atoms with Crippen molar-refractivity contribution >= 4 is 43.3 Å². The van der Waals surface area contributed by atoms with E-state index in [4.69, 9.17) is 45.1 Å². The molecule has 4 bridgehead atoms. The van der Waals surface area contributed by atoms with Gasteiger partial charge in [0.15, 0.2) is 36.3 Å². The second-order valence-corrected chi connectivity index (χ2v) is 14.9. The van der Waals surface area contributed by atoms with Gasteiger partial charge in [0.25, 0.3) is 13.4 Å². The maximum Gasteiger partial charge on any atom is 0.330 e. The van der Waals surface area contributed by atoms with Gasteiger partial charge in [-0.3, -0.25) is 23.5 Å². The van der Waals surface area contributed by atoms with Gasteiger partial charge in [-0.15, -0.1) is 0 Å². The van der Waals surface area contributed by atoms with Crippen molar-refractivity contribution in [3.63, 3.8) is 0 Å². The molecule has 2 unspecified atom stereocenters. The zero-order chi connectivity index (χ0) is 34.0. The van der Waals surface area contributed by atoms with Gasteiger partial charge in [0.2, 0.25) is 0 Å². The van der Waals surface area contributed by atoms with Crippen LogP contribution < -0.4 is 26.8 Å². The standard InChI is InChI=1S/C25H25F2N7O11P2S/c26-15-14-8-41-47(39,48)45-19-16(27)13(42-23(19)33-6-12(22(35)32-25(33)36)11-4-2-1-3-5-11)7-40-46(37,38)44-18(15)24(43-14)34-10-31-17-20(28)29-9-30-21(17)34/h1-6,9-10,13-16,18-19,23-24H,7-8H2,(H,37,38)(H,39,48)(H2,28,29,30)(H,32,35,36)/p-2/t13-,14-,15-,16-,18-,19-,23-,24-,47?/m1/s1. The van der Waals surface area contributed by atoms with Crippen LogP contribution in [0.2, 0.25) is 0 Å². The number of imidazole rings is 1. The molecule has 3 aromatic heterocycles. The van der Waals surface area contributed by atoms with Crippen molar-refractivity contribution in [3.8, 4) is 11.1 Å². The van der Waals surface area contributed by atoms with E-state index in [1.807, 2.05) is 0 Å². The lowest BCUT2D eigenvalue weighted by atomic mass is 10.1. The van der Waals surface area contributed by atoms with Gasteiger partial charge >= 0.3 is 5.69 Å². The molecule has 0 radical (unpaired) electrons. The van der Waals surface area contributed by atoms with Crippen LogP contribution in [0.3, 0.4) is 0 Å². The molecule has 10 atom stereocenters. The van der Waals surface area contributed by atoms with Crippen LogP contribution in [-0.4, -0.2) is 79.0 Å². The van der Waals surface area contributed by atoms with Gasteiger partial charge in [-0.1, -0.05) is 42.1 Å². The fourth-order valence-electron chi connectivity index (χ4n) is 5.57. The molecule has 0 amide bonds. The van der Waals surface area contributed by atoms with E-state index in [1.54, 1.807) is 30.3 Å². The number of aromatic nitrogens is 6. The van der Waals surface area contributed by atoms with Crippen LogP contribution in [0.25, 0.3) is 22.3 Å². The predicted octanol–water partition coefficient (Wildman–Crippen LogP) is -0.0329. The minimum Gasteiger partial charge on any atom is -0.780 e. The quantitative estimate of drug-likeness (QED) is 0.263. The highest BCUT2D eigenvalue weighted by Crippen LogP contribution is 2.51. The first kappa shape index (κ1) is 33.2. The van der Waals surface area contributed by atoms with Gasteiger partial charge in [0.1, 0.15) is 43.0 Å². The summed E-state index contributed by atoms with van der Waals surface area (Å²) in [6, 6.07) is 8.12. The predicted molar refractivity (Wildman–Crippen MR) is 158 cm³/mol. The lowest BCUT2D eigenvalue weighted by molar-refractivity contribution is -0.236. The molecule has 3 fully saturated rings. The van der Waals surface area contributed by atoms with Crippen LogP contribution in [0.1, 0.15) is 12.5 Å². The molecule has 3 N–H and O–H groups in total.